The third-order valence-electron chi connectivity index (χ3n) is 3.71. The van der Waals surface area contributed by atoms with Gasteiger partial charge in [0.1, 0.15) is 0 Å². The van der Waals surface area contributed by atoms with Gasteiger partial charge in [-0.2, -0.15) is 0 Å². The van der Waals surface area contributed by atoms with Crippen molar-refractivity contribution >= 4 is 21.7 Å². The van der Waals surface area contributed by atoms with Crippen LogP contribution in [0.4, 0.5) is 5.69 Å². The Morgan fingerprint density at radius 1 is 1.26 bits per heavy atom. The fourth-order valence-corrected chi connectivity index (χ4v) is 4.44. The zero-order valence-corrected chi connectivity index (χ0v) is 11.1. The Labute approximate surface area is 111 Å². The topological polar surface area (TPSA) is 74.7 Å². The van der Waals surface area contributed by atoms with E-state index in [0.717, 1.165) is 5.56 Å². The minimum absolute atomic E-state index is 0.0468. The molecule has 19 heavy (non-hydrogen) atoms. The van der Waals surface area contributed by atoms with Crippen molar-refractivity contribution in [2.45, 2.75) is 24.5 Å². The molecular weight excluding hydrogens is 266 g/mol. The molecule has 1 N–H and O–H groups in total. The number of anilines is 1. The number of nitrogens with zero attached hydrogens (tertiary/aromatic N) is 1. The van der Waals surface area contributed by atoms with Crippen molar-refractivity contribution in [1.82, 2.24) is 0 Å². The van der Waals surface area contributed by atoms with Gasteiger partial charge in [-0.05, 0) is 30.9 Å². The molecule has 1 fully saturated rings. The van der Waals surface area contributed by atoms with E-state index in [1.807, 2.05) is 6.07 Å². The SMILES string of the molecule is O=C(O)C1Cc2ccccc2N(S(=O)(=O)C2CC2)C1. The van der Waals surface area contributed by atoms with Crippen LogP contribution in [-0.4, -0.2) is 31.3 Å². The van der Waals surface area contributed by atoms with E-state index in [1.54, 1.807) is 18.2 Å². The fourth-order valence-electron chi connectivity index (χ4n) is 2.51. The molecule has 1 aliphatic carbocycles. The Morgan fingerprint density at radius 3 is 2.58 bits per heavy atom. The molecule has 0 spiro atoms. The van der Waals surface area contributed by atoms with Crippen LogP contribution in [0.15, 0.2) is 24.3 Å². The lowest BCUT2D eigenvalue weighted by Crippen LogP contribution is -2.43. The molecule has 1 saturated carbocycles. The first-order valence-corrected chi connectivity index (χ1v) is 7.82. The number of hydrogen-bond acceptors (Lipinski definition) is 3. The van der Waals surface area contributed by atoms with Gasteiger partial charge in [0, 0.05) is 6.54 Å². The van der Waals surface area contributed by atoms with Crippen LogP contribution in [0, 0.1) is 5.92 Å². The lowest BCUT2D eigenvalue weighted by Gasteiger charge is -2.33. The van der Waals surface area contributed by atoms with Crippen LogP contribution < -0.4 is 4.31 Å². The molecule has 1 atom stereocenters. The standard InChI is InChI=1S/C13H15NO4S/c15-13(16)10-7-9-3-1-2-4-12(9)14(8-10)19(17,18)11-5-6-11/h1-4,10-11H,5-8H2,(H,15,16). The van der Waals surface area contributed by atoms with Crippen LogP contribution in [0.3, 0.4) is 0 Å². The third kappa shape index (κ3) is 2.10. The second-order valence-corrected chi connectivity index (χ2v) is 7.28. The normalized spacial score (nSPS) is 22.9. The summed E-state index contributed by atoms with van der Waals surface area (Å²) < 4.78 is 26.1. The van der Waals surface area contributed by atoms with Crippen molar-refractivity contribution in [3.05, 3.63) is 29.8 Å². The van der Waals surface area contributed by atoms with E-state index in [1.165, 1.54) is 4.31 Å². The second kappa shape index (κ2) is 4.23. The number of carboxylic acids is 1. The Hall–Kier alpha value is -1.56. The monoisotopic (exact) mass is 281 g/mol. The highest BCUT2D eigenvalue weighted by Gasteiger charge is 2.43. The van der Waals surface area contributed by atoms with Gasteiger partial charge in [-0.1, -0.05) is 18.2 Å². The molecule has 0 amide bonds. The maximum absolute atomic E-state index is 12.4. The molecule has 102 valence electrons. The smallest absolute Gasteiger partial charge is 0.308 e. The van der Waals surface area contributed by atoms with Crippen LogP contribution in [-0.2, 0) is 21.2 Å². The molecule has 0 aromatic heterocycles. The van der Waals surface area contributed by atoms with Gasteiger partial charge >= 0.3 is 5.97 Å². The zero-order chi connectivity index (χ0) is 13.6. The summed E-state index contributed by atoms with van der Waals surface area (Å²) in [5.74, 6) is -1.60. The third-order valence-corrected chi connectivity index (χ3v) is 5.99. The highest BCUT2D eigenvalue weighted by molar-refractivity contribution is 7.93. The van der Waals surface area contributed by atoms with Crippen molar-refractivity contribution in [1.29, 1.82) is 0 Å². The van der Waals surface area contributed by atoms with Gasteiger partial charge in [-0.3, -0.25) is 9.10 Å². The lowest BCUT2D eigenvalue weighted by atomic mass is 9.94. The maximum atomic E-state index is 12.4. The molecule has 1 unspecified atom stereocenters. The number of fused-ring (bicyclic) bond motifs is 1. The molecule has 1 aromatic carbocycles. The summed E-state index contributed by atoms with van der Waals surface area (Å²) in [6.07, 6.45) is 1.75. The molecule has 6 heteroatoms. The summed E-state index contributed by atoms with van der Waals surface area (Å²) in [6.45, 7) is 0.0468. The van der Waals surface area contributed by atoms with Crippen LogP contribution >= 0.6 is 0 Å². The quantitative estimate of drug-likeness (QED) is 0.904. The molecule has 2 aliphatic rings. The van der Waals surface area contributed by atoms with E-state index >= 15 is 0 Å². The molecule has 0 bridgehead atoms. The first kappa shape index (κ1) is 12.5. The van der Waals surface area contributed by atoms with Gasteiger partial charge in [0.05, 0.1) is 16.9 Å². The Kier molecular flexibility index (Phi) is 2.78. The van der Waals surface area contributed by atoms with Crippen molar-refractivity contribution < 1.29 is 18.3 Å². The van der Waals surface area contributed by atoms with Crippen molar-refractivity contribution in [2.24, 2.45) is 5.92 Å². The molecule has 1 aliphatic heterocycles. The van der Waals surface area contributed by atoms with E-state index in [4.69, 9.17) is 0 Å². The number of para-hydroxylation sites is 1. The highest BCUT2D eigenvalue weighted by atomic mass is 32.2. The summed E-state index contributed by atoms with van der Waals surface area (Å²) in [6, 6.07) is 7.16. The van der Waals surface area contributed by atoms with Crippen molar-refractivity contribution in [3.63, 3.8) is 0 Å². The number of sulfonamides is 1. The van der Waals surface area contributed by atoms with E-state index in [9.17, 15) is 18.3 Å². The predicted octanol–water partition coefficient (Wildman–Crippen LogP) is 1.24. The second-order valence-electron chi connectivity index (χ2n) is 5.14. The molecule has 5 nitrogen and oxygen atoms in total. The summed E-state index contributed by atoms with van der Waals surface area (Å²) in [5.41, 5.74) is 1.44. The van der Waals surface area contributed by atoms with Gasteiger partial charge in [-0.25, -0.2) is 8.42 Å². The minimum atomic E-state index is -3.40. The van der Waals surface area contributed by atoms with Crippen LogP contribution in [0.2, 0.25) is 0 Å². The summed E-state index contributed by atoms with van der Waals surface area (Å²) in [7, 11) is -3.40. The van der Waals surface area contributed by atoms with Crippen molar-refractivity contribution in [2.75, 3.05) is 10.8 Å². The molecule has 0 saturated heterocycles. The van der Waals surface area contributed by atoms with Gasteiger partial charge in [-0.15, -0.1) is 0 Å². The summed E-state index contributed by atoms with van der Waals surface area (Å²) in [5, 5.41) is 8.85. The number of carbonyl (C=O) groups is 1. The van der Waals surface area contributed by atoms with Gasteiger partial charge in [0.25, 0.3) is 0 Å². The molecule has 3 rings (SSSR count). The molecular formula is C13H15NO4S. The predicted molar refractivity (Wildman–Crippen MR) is 70.6 cm³/mol. The first-order chi connectivity index (χ1) is 9.00. The van der Waals surface area contributed by atoms with Gasteiger partial charge in [0.15, 0.2) is 0 Å². The molecule has 1 aromatic rings. The van der Waals surface area contributed by atoms with Crippen molar-refractivity contribution in [3.8, 4) is 0 Å². The fraction of sp³-hybridized carbons (Fsp3) is 0.462. The van der Waals surface area contributed by atoms with E-state index < -0.39 is 21.9 Å². The van der Waals surface area contributed by atoms with Crippen LogP contribution in [0.5, 0.6) is 0 Å². The number of hydrogen-bond donors (Lipinski definition) is 1. The molecule has 0 radical (unpaired) electrons. The molecule has 1 heterocycles. The highest BCUT2D eigenvalue weighted by Crippen LogP contribution is 2.38. The van der Waals surface area contributed by atoms with Gasteiger partial charge in [0.2, 0.25) is 10.0 Å². The number of benzene rings is 1. The number of aliphatic carboxylic acids is 1. The number of rotatable bonds is 3. The Bertz CT molecular complexity index is 621. The largest absolute Gasteiger partial charge is 0.481 e. The maximum Gasteiger partial charge on any atom is 0.308 e. The average molecular weight is 281 g/mol. The van der Waals surface area contributed by atoms with Crippen LogP contribution in [0.1, 0.15) is 18.4 Å². The van der Waals surface area contributed by atoms with E-state index in [2.05, 4.69) is 0 Å². The average Bonchev–Trinajstić information content (AvgIpc) is 3.21. The van der Waals surface area contributed by atoms with E-state index in [0.29, 0.717) is 24.9 Å². The first-order valence-electron chi connectivity index (χ1n) is 6.32. The zero-order valence-electron chi connectivity index (χ0n) is 10.3. The lowest BCUT2D eigenvalue weighted by molar-refractivity contribution is -0.141. The van der Waals surface area contributed by atoms with Gasteiger partial charge < -0.3 is 5.11 Å². The number of carboxylic acid groups (broad SMARTS) is 1. The van der Waals surface area contributed by atoms with E-state index in [-0.39, 0.29) is 11.8 Å². The Balaban J connectivity index is 2.05. The summed E-state index contributed by atoms with van der Waals surface area (Å²) in [4.78, 5) is 11.2. The summed E-state index contributed by atoms with van der Waals surface area (Å²) >= 11 is 0. The Morgan fingerprint density at radius 2 is 1.95 bits per heavy atom. The van der Waals surface area contributed by atoms with Crippen LogP contribution in [0.25, 0.3) is 0 Å². The minimum Gasteiger partial charge on any atom is -0.481 e.